The third-order valence-corrected chi connectivity index (χ3v) is 2.99. The molecule has 82 valence electrons. The van der Waals surface area contributed by atoms with Crippen molar-refractivity contribution in [3.05, 3.63) is 35.6 Å². The first-order valence-corrected chi connectivity index (χ1v) is 5.37. The summed E-state index contributed by atoms with van der Waals surface area (Å²) in [6.45, 7) is 1.76. The van der Waals surface area contributed by atoms with Crippen LogP contribution in [0.4, 0.5) is 8.78 Å². The predicted molar refractivity (Wildman–Crippen MR) is 55.8 cm³/mol. The highest BCUT2D eigenvalue weighted by atomic mass is 19.1. The van der Waals surface area contributed by atoms with Gasteiger partial charge in [-0.2, -0.15) is 0 Å². The first-order valence-electron chi connectivity index (χ1n) is 5.37. The molecule has 1 N–H and O–H groups in total. The number of halogens is 2. The van der Waals surface area contributed by atoms with Gasteiger partial charge in [0.25, 0.3) is 0 Å². The Morgan fingerprint density at radius 1 is 1.13 bits per heavy atom. The standard InChI is InChI=1S/C12H15F2N/c13-11-3-1-9(2-4-11)12(14)10-5-7-15-8-6-10/h1-4,10,12,15H,5-8H2. The summed E-state index contributed by atoms with van der Waals surface area (Å²) in [4.78, 5) is 0. The van der Waals surface area contributed by atoms with Gasteiger partial charge in [-0.15, -0.1) is 0 Å². The van der Waals surface area contributed by atoms with Crippen LogP contribution in [0.15, 0.2) is 24.3 Å². The average Bonchev–Trinajstić information content (AvgIpc) is 2.30. The summed E-state index contributed by atoms with van der Waals surface area (Å²) >= 11 is 0. The molecule has 2 rings (SSSR count). The average molecular weight is 211 g/mol. The van der Waals surface area contributed by atoms with Crippen molar-refractivity contribution in [3.8, 4) is 0 Å². The minimum absolute atomic E-state index is 0.0803. The third-order valence-electron chi connectivity index (χ3n) is 2.99. The van der Waals surface area contributed by atoms with Crippen LogP contribution in [0, 0.1) is 11.7 Å². The normalized spacial score (nSPS) is 20.1. The van der Waals surface area contributed by atoms with Gasteiger partial charge in [0, 0.05) is 0 Å². The van der Waals surface area contributed by atoms with Crippen LogP contribution in [0.3, 0.4) is 0 Å². The Labute approximate surface area is 88.5 Å². The van der Waals surface area contributed by atoms with Crippen molar-refractivity contribution >= 4 is 0 Å². The predicted octanol–water partition coefficient (Wildman–Crippen LogP) is 2.84. The molecule has 0 amide bonds. The molecule has 0 radical (unpaired) electrons. The molecule has 0 bridgehead atoms. The maximum Gasteiger partial charge on any atom is 0.128 e. The smallest absolute Gasteiger partial charge is 0.128 e. The second-order valence-electron chi connectivity index (χ2n) is 4.04. The molecule has 3 heteroatoms. The number of hydrogen-bond donors (Lipinski definition) is 1. The van der Waals surface area contributed by atoms with Crippen molar-refractivity contribution in [1.82, 2.24) is 5.32 Å². The number of piperidine rings is 1. The molecular formula is C12H15F2N. The highest BCUT2D eigenvalue weighted by Crippen LogP contribution is 2.32. The number of hydrogen-bond acceptors (Lipinski definition) is 1. The molecular weight excluding hydrogens is 196 g/mol. The Balaban J connectivity index is 2.05. The van der Waals surface area contributed by atoms with Gasteiger partial charge in [-0.1, -0.05) is 12.1 Å². The van der Waals surface area contributed by atoms with Crippen LogP contribution in [-0.4, -0.2) is 13.1 Å². The van der Waals surface area contributed by atoms with Gasteiger partial charge in [-0.05, 0) is 49.5 Å². The van der Waals surface area contributed by atoms with Crippen LogP contribution in [0.1, 0.15) is 24.6 Å². The maximum absolute atomic E-state index is 14.0. The van der Waals surface area contributed by atoms with Gasteiger partial charge in [0.2, 0.25) is 0 Å². The van der Waals surface area contributed by atoms with E-state index >= 15 is 0 Å². The van der Waals surface area contributed by atoms with E-state index in [0.29, 0.717) is 5.56 Å². The van der Waals surface area contributed by atoms with E-state index in [1.165, 1.54) is 12.1 Å². The van der Waals surface area contributed by atoms with Crippen LogP contribution >= 0.6 is 0 Å². The highest BCUT2D eigenvalue weighted by molar-refractivity contribution is 5.19. The van der Waals surface area contributed by atoms with Crippen LogP contribution in [0.2, 0.25) is 0 Å². The molecule has 0 aromatic heterocycles. The molecule has 1 nitrogen and oxygen atoms in total. The maximum atomic E-state index is 14.0. The van der Waals surface area contributed by atoms with Gasteiger partial charge in [-0.3, -0.25) is 0 Å². The van der Waals surface area contributed by atoms with Crippen molar-refractivity contribution < 1.29 is 8.78 Å². The number of benzene rings is 1. The lowest BCUT2D eigenvalue weighted by molar-refractivity contribution is 0.190. The summed E-state index contributed by atoms with van der Waals surface area (Å²) < 4.78 is 26.7. The van der Waals surface area contributed by atoms with Crippen LogP contribution < -0.4 is 5.32 Å². The van der Waals surface area contributed by atoms with Crippen molar-refractivity contribution in [3.63, 3.8) is 0 Å². The molecule has 0 spiro atoms. The summed E-state index contributed by atoms with van der Waals surface area (Å²) in [5.41, 5.74) is 0.600. The fourth-order valence-corrected chi connectivity index (χ4v) is 2.06. The fraction of sp³-hybridized carbons (Fsp3) is 0.500. The molecule has 0 aliphatic carbocycles. The van der Waals surface area contributed by atoms with E-state index in [0.717, 1.165) is 25.9 Å². The van der Waals surface area contributed by atoms with Gasteiger partial charge in [0.15, 0.2) is 0 Å². The van der Waals surface area contributed by atoms with Gasteiger partial charge < -0.3 is 5.32 Å². The van der Waals surface area contributed by atoms with Gasteiger partial charge in [0.05, 0.1) is 0 Å². The molecule has 1 aliphatic heterocycles. The zero-order valence-electron chi connectivity index (χ0n) is 8.55. The Hall–Kier alpha value is -0.960. The van der Waals surface area contributed by atoms with Crippen LogP contribution in [0.5, 0.6) is 0 Å². The SMILES string of the molecule is Fc1ccc(C(F)C2CCNCC2)cc1. The quantitative estimate of drug-likeness (QED) is 0.793. The van der Waals surface area contributed by atoms with Gasteiger partial charge in [0.1, 0.15) is 12.0 Å². The molecule has 1 fully saturated rings. The lowest BCUT2D eigenvalue weighted by atomic mass is 9.89. The second-order valence-corrected chi connectivity index (χ2v) is 4.04. The minimum Gasteiger partial charge on any atom is -0.317 e. The Morgan fingerprint density at radius 3 is 2.33 bits per heavy atom. The Morgan fingerprint density at radius 2 is 1.73 bits per heavy atom. The molecule has 1 atom stereocenters. The molecule has 1 aliphatic rings. The number of nitrogens with one attached hydrogen (secondary N) is 1. The van der Waals surface area contributed by atoms with E-state index in [2.05, 4.69) is 5.32 Å². The number of alkyl halides is 1. The van der Waals surface area contributed by atoms with Crippen molar-refractivity contribution in [2.45, 2.75) is 19.0 Å². The van der Waals surface area contributed by atoms with E-state index in [4.69, 9.17) is 0 Å². The van der Waals surface area contributed by atoms with Crippen LogP contribution in [0.25, 0.3) is 0 Å². The summed E-state index contributed by atoms with van der Waals surface area (Å²) in [6, 6.07) is 5.73. The first kappa shape index (κ1) is 10.6. The summed E-state index contributed by atoms with van der Waals surface area (Å²) in [6.07, 6.45) is 0.768. The molecule has 15 heavy (non-hydrogen) atoms. The Kier molecular flexibility index (Phi) is 3.31. The van der Waals surface area contributed by atoms with E-state index < -0.39 is 6.17 Å². The second kappa shape index (κ2) is 4.71. The first-order chi connectivity index (χ1) is 7.27. The Bertz CT molecular complexity index is 304. The molecule has 0 saturated carbocycles. The monoisotopic (exact) mass is 211 g/mol. The topological polar surface area (TPSA) is 12.0 Å². The molecule has 1 unspecified atom stereocenters. The van der Waals surface area contributed by atoms with Crippen molar-refractivity contribution in [2.24, 2.45) is 5.92 Å². The molecule has 1 aromatic rings. The van der Waals surface area contributed by atoms with Crippen molar-refractivity contribution in [1.29, 1.82) is 0 Å². The van der Waals surface area contributed by atoms with Crippen LogP contribution in [-0.2, 0) is 0 Å². The third kappa shape index (κ3) is 2.53. The van der Waals surface area contributed by atoms with E-state index in [9.17, 15) is 8.78 Å². The zero-order chi connectivity index (χ0) is 10.7. The largest absolute Gasteiger partial charge is 0.317 e. The number of rotatable bonds is 2. The fourth-order valence-electron chi connectivity index (χ4n) is 2.06. The summed E-state index contributed by atoms with van der Waals surface area (Å²) in [5, 5.41) is 3.20. The lowest BCUT2D eigenvalue weighted by Crippen LogP contribution is -2.29. The minimum atomic E-state index is -0.951. The van der Waals surface area contributed by atoms with E-state index in [1.54, 1.807) is 12.1 Å². The van der Waals surface area contributed by atoms with E-state index in [-0.39, 0.29) is 11.7 Å². The summed E-state index contributed by atoms with van der Waals surface area (Å²) in [5.74, 6) is -0.229. The van der Waals surface area contributed by atoms with E-state index in [1.807, 2.05) is 0 Å². The van der Waals surface area contributed by atoms with Gasteiger partial charge >= 0.3 is 0 Å². The zero-order valence-corrected chi connectivity index (χ0v) is 8.55. The van der Waals surface area contributed by atoms with Gasteiger partial charge in [-0.25, -0.2) is 8.78 Å². The van der Waals surface area contributed by atoms with Crippen molar-refractivity contribution in [2.75, 3.05) is 13.1 Å². The highest BCUT2D eigenvalue weighted by Gasteiger charge is 2.24. The lowest BCUT2D eigenvalue weighted by Gasteiger charge is -2.25. The molecule has 1 saturated heterocycles. The molecule has 1 heterocycles. The summed E-state index contributed by atoms with van der Waals surface area (Å²) in [7, 11) is 0. The molecule has 1 aromatic carbocycles.